The van der Waals surface area contributed by atoms with Crippen LogP contribution in [-0.4, -0.2) is 24.6 Å². The first-order valence-electron chi connectivity index (χ1n) is 6.69. The number of fused-ring (bicyclic) bond motifs is 2. The Hall–Kier alpha value is -2.23. The van der Waals surface area contributed by atoms with Gasteiger partial charge in [-0.3, -0.25) is 4.79 Å². The highest BCUT2D eigenvalue weighted by Crippen LogP contribution is 2.33. The van der Waals surface area contributed by atoms with Crippen molar-refractivity contribution in [1.82, 2.24) is 4.57 Å². The zero-order valence-corrected chi connectivity index (χ0v) is 11.7. The average molecular weight is 271 g/mol. The average Bonchev–Trinajstić information content (AvgIpc) is 2.92. The van der Waals surface area contributed by atoms with Crippen molar-refractivity contribution in [2.75, 3.05) is 14.2 Å². The summed E-state index contributed by atoms with van der Waals surface area (Å²) in [6, 6.07) is 7.50. The van der Waals surface area contributed by atoms with Crippen molar-refractivity contribution in [3.05, 3.63) is 47.3 Å². The molecule has 4 heteroatoms. The molecule has 0 unspecified atom stereocenters. The number of methoxy groups -OCH3 is 2. The van der Waals surface area contributed by atoms with Crippen LogP contribution in [0.5, 0.6) is 11.5 Å². The molecule has 0 radical (unpaired) electrons. The lowest BCUT2D eigenvalue weighted by atomic mass is 9.95. The maximum atomic E-state index is 12.7. The van der Waals surface area contributed by atoms with E-state index in [-0.39, 0.29) is 5.78 Å². The summed E-state index contributed by atoms with van der Waals surface area (Å²) < 4.78 is 12.6. The first-order valence-corrected chi connectivity index (χ1v) is 6.69. The van der Waals surface area contributed by atoms with E-state index in [0.29, 0.717) is 17.1 Å². The van der Waals surface area contributed by atoms with Crippen molar-refractivity contribution in [3.63, 3.8) is 0 Å². The third-order valence-electron chi connectivity index (χ3n) is 3.76. The fraction of sp³-hybridized carbons (Fsp3) is 0.312. The van der Waals surface area contributed by atoms with E-state index in [4.69, 9.17) is 9.47 Å². The Bertz CT molecular complexity index is 658. The third kappa shape index (κ3) is 1.97. The summed E-state index contributed by atoms with van der Waals surface area (Å²) in [6.45, 7) is 0.863. The molecule has 0 saturated heterocycles. The summed E-state index contributed by atoms with van der Waals surface area (Å²) in [5, 5.41) is 0. The Morgan fingerprint density at radius 2 is 1.90 bits per heavy atom. The first-order chi connectivity index (χ1) is 9.74. The lowest BCUT2D eigenvalue weighted by molar-refractivity contribution is 0.102. The summed E-state index contributed by atoms with van der Waals surface area (Å²) >= 11 is 0. The molecule has 0 spiro atoms. The summed E-state index contributed by atoms with van der Waals surface area (Å²) in [6.07, 6.45) is 3.81. The van der Waals surface area contributed by atoms with Gasteiger partial charge in [-0.25, -0.2) is 0 Å². The van der Waals surface area contributed by atoms with E-state index >= 15 is 0 Å². The van der Waals surface area contributed by atoms with Crippen LogP contribution < -0.4 is 9.47 Å². The smallest absolute Gasteiger partial charge is 0.209 e. The van der Waals surface area contributed by atoms with Gasteiger partial charge >= 0.3 is 0 Å². The molecule has 104 valence electrons. The van der Waals surface area contributed by atoms with Gasteiger partial charge in [0.15, 0.2) is 11.5 Å². The zero-order chi connectivity index (χ0) is 14.1. The quantitative estimate of drug-likeness (QED) is 0.843. The van der Waals surface area contributed by atoms with Crippen molar-refractivity contribution in [3.8, 4) is 11.5 Å². The number of ether oxygens (including phenoxy) is 2. The molecule has 2 heterocycles. The number of aromatic nitrogens is 1. The molecule has 0 atom stereocenters. The summed E-state index contributed by atoms with van der Waals surface area (Å²) in [7, 11) is 3.19. The van der Waals surface area contributed by atoms with E-state index in [2.05, 4.69) is 0 Å². The van der Waals surface area contributed by atoms with E-state index < -0.39 is 0 Å². The molecule has 0 bridgehead atoms. The number of rotatable bonds is 2. The van der Waals surface area contributed by atoms with Gasteiger partial charge < -0.3 is 14.0 Å². The third-order valence-corrected chi connectivity index (χ3v) is 3.76. The van der Waals surface area contributed by atoms with E-state index in [9.17, 15) is 4.79 Å². The minimum absolute atomic E-state index is 0.0469. The van der Waals surface area contributed by atoms with Gasteiger partial charge in [0.2, 0.25) is 5.78 Å². The van der Waals surface area contributed by atoms with E-state index in [1.165, 1.54) is 0 Å². The molecule has 3 rings (SSSR count). The number of aryl methyl sites for hydroxylation is 2. The summed E-state index contributed by atoms with van der Waals surface area (Å²) in [4.78, 5) is 12.7. The van der Waals surface area contributed by atoms with Crippen LogP contribution in [0.2, 0.25) is 0 Å². The Balaban J connectivity index is 2.16. The van der Waals surface area contributed by atoms with Gasteiger partial charge in [-0.1, -0.05) is 0 Å². The lowest BCUT2D eigenvalue weighted by Crippen LogP contribution is -2.16. The van der Waals surface area contributed by atoms with Gasteiger partial charge in [-0.15, -0.1) is 0 Å². The fourth-order valence-corrected chi connectivity index (χ4v) is 2.73. The van der Waals surface area contributed by atoms with Crippen LogP contribution >= 0.6 is 0 Å². The minimum Gasteiger partial charge on any atom is -0.493 e. The van der Waals surface area contributed by atoms with Crippen LogP contribution in [0.15, 0.2) is 30.5 Å². The van der Waals surface area contributed by atoms with Crippen LogP contribution in [0, 0.1) is 0 Å². The maximum absolute atomic E-state index is 12.7. The molecule has 4 nitrogen and oxygen atoms in total. The Morgan fingerprint density at radius 1 is 1.15 bits per heavy atom. The molecule has 1 aliphatic heterocycles. The molecule has 0 amide bonds. The van der Waals surface area contributed by atoms with Gasteiger partial charge in [0.1, 0.15) is 0 Å². The predicted molar refractivity (Wildman–Crippen MR) is 75.7 cm³/mol. The molecule has 20 heavy (non-hydrogen) atoms. The fourth-order valence-electron chi connectivity index (χ4n) is 2.73. The monoisotopic (exact) mass is 271 g/mol. The van der Waals surface area contributed by atoms with Crippen LogP contribution in [0.25, 0.3) is 0 Å². The molecular formula is C16H17NO3. The van der Waals surface area contributed by atoms with Gasteiger partial charge in [0.25, 0.3) is 0 Å². The van der Waals surface area contributed by atoms with Crippen molar-refractivity contribution < 1.29 is 14.3 Å². The topological polar surface area (TPSA) is 40.5 Å². The zero-order valence-electron chi connectivity index (χ0n) is 11.7. The number of carbonyl (C=O) groups is 1. The number of benzene rings is 1. The summed E-state index contributed by atoms with van der Waals surface area (Å²) in [5.74, 6) is 1.32. The molecule has 0 N–H and O–H groups in total. The lowest BCUT2D eigenvalue weighted by Gasteiger charge is -2.18. The molecule has 0 aliphatic carbocycles. The second-order valence-corrected chi connectivity index (χ2v) is 4.88. The number of carbonyl (C=O) groups excluding carboxylic acids is 1. The van der Waals surface area contributed by atoms with Crippen molar-refractivity contribution in [2.45, 2.75) is 19.4 Å². The van der Waals surface area contributed by atoms with Gasteiger partial charge in [-0.2, -0.15) is 0 Å². The number of hydrogen-bond acceptors (Lipinski definition) is 3. The first kappa shape index (κ1) is 12.8. The number of nitrogens with zero attached hydrogens (tertiary/aromatic N) is 1. The van der Waals surface area contributed by atoms with Gasteiger partial charge in [0, 0.05) is 18.3 Å². The van der Waals surface area contributed by atoms with Crippen LogP contribution in [0.4, 0.5) is 0 Å². The highest BCUT2D eigenvalue weighted by atomic mass is 16.5. The highest BCUT2D eigenvalue weighted by molar-refractivity contribution is 6.09. The molecule has 1 aromatic carbocycles. The molecule has 0 fully saturated rings. The molecular weight excluding hydrogens is 254 g/mol. The Labute approximate surface area is 117 Å². The minimum atomic E-state index is 0.0469. The maximum Gasteiger partial charge on any atom is 0.209 e. The van der Waals surface area contributed by atoms with Gasteiger partial charge in [-0.05, 0) is 42.7 Å². The van der Waals surface area contributed by atoms with Gasteiger partial charge in [0.05, 0.1) is 19.9 Å². The van der Waals surface area contributed by atoms with Crippen molar-refractivity contribution >= 4 is 5.78 Å². The largest absolute Gasteiger partial charge is 0.493 e. The highest BCUT2D eigenvalue weighted by Gasteiger charge is 2.22. The predicted octanol–water partition coefficient (Wildman–Crippen LogP) is 2.68. The molecule has 2 aromatic rings. The van der Waals surface area contributed by atoms with E-state index in [1.807, 2.05) is 29.0 Å². The summed E-state index contributed by atoms with van der Waals surface area (Å²) in [5.41, 5.74) is 2.47. The molecule has 1 aromatic heterocycles. The van der Waals surface area contributed by atoms with Crippen molar-refractivity contribution in [2.24, 2.45) is 0 Å². The van der Waals surface area contributed by atoms with Crippen LogP contribution in [-0.2, 0) is 13.0 Å². The Kier molecular flexibility index (Phi) is 3.22. The Morgan fingerprint density at radius 3 is 2.65 bits per heavy atom. The van der Waals surface area contributed by atoms with Crippen LogP contribution in [0.1, 0.15) is 28.0 Å². The number of ketones is 1. The number of hydrogen-bond donors (Lipinski definition) is 0. The van der Waals surface area contributed by atoms with E-state index in [1.54, 1.807) is 20.3 Å². The second kappa shape index (κ2) is 5.04. The SMILES string of the molecule is COc1cc2c(cc1OC)C(=O)c1cccn1CCC2. The normalized spacial score (nSPS) is 14.0. The molecule has 1 aliphatic rings. The standard InChI is InChI=1S/C16H17NO3/c1-19-14-9-11-5-3-7-17-8-4-6-13(17)16(18)12(11)10-15(14)20-2/h4,6,8-10H,3,5,7H2,1-2H3. The molecule has 0 saturated carbocycles. The van der Waals surface area contributed by atoms with E-state index in [0.717, 1.165) is 30.6 Å². The van der Waals surface area contributed by atoms with Crippen LogP contribution in [0.3, 0.4) is 0 Å². The second-order valence-electron chi connectivity index (χ2n) is 4.88. The van der Waals surface area contributed by atoms with Crippen molar-refractivity contribution in [1.29, 1.82) is 0 Å².